The van der Waals surface area contributed by atoms with Gasteiger partial charge in [-0.1, -0.05) is 49.6 Å². The van der Waals surface area contributed by atoms with Gasteiger partial charge in [0.2, 0.25) is 0 Å². The fraction of sp³-hybridized carbons (Fsp3) is 0.176. The van der Waals surface area contributed by atoms with Crippen LogP contribution in [0.5, 0.6) is 5.75 Å². The molecular weight excluding hydrogens is 220 g/mol. The molecule has 0 aliphatic carbocycles. The zero-order chi connectivity index (χ0) is 13.4. The van der Waals surface area contributed by atoms with Crippen molar-refractivity contribution >= 4 is 6.08 Å². The second kappa shape index (κ2) is 7.33. The van der Waals surface area contributed by atoms with Crippen molar-refractivity contribution < 1.29 is 4.74 Å². The minimum atomic E-state index is 0.494. The van der Waals surface area contributed by atoms with Gasteiger partial charge in [0.25, 0.3) is 0 Å². The second-order valence-corrected chi connectivity index (χ2v) is 4.12. The van der Waals surface area contributed by atoms with Crippen LogP contribution in [-0.2, 0) is 0 Å². The Morgan fingerprint density at radius 3 is 2.72 bits per heavy atom. The van der Waals surface area contributed by atoms with Crippen LogP contribution in [-0.4, -0.2) is 6.61 Å². The molecule has 0 unspecified atom stereocenters. The molecular formula is C17H20O. The van der Waals surface area contributed by atoms with E-state index in [2.05, 4.69) is 19.2 Å². The average Bonchev–Trinajstić information content (AvgIpc) is 2.36. The summed E-state index contributed by atoms with van der Waals surface area (Å²) >= 11 is 0. The summed E-state index contributed by atoms with van der Waals surface area (Å²) in [4.78, 5) is 0. The minimum absolute atomic E-state index is 0.494. The lowest BCUT2D eigenvalue weighted by Crippen LogP contribution is -1.99. The van der Waals surface area contributed by atoms with Gasteiger partial charge in [-0.05, 0) is 42.7 Å². The van der Waals surface area contributed by atoms with Crippen LogP contribution >= 0.6 is 0 Å². The van der Waals surface area contributed by atoms with E-state index in [4.69, 9.17) is 4.74 Å². The van der Waals surface area contributed by atoms with Gasteiger partial charge in [-0.3, -0.25) is 0 Å². The van der Waals surface area contributed by atoms with Gasteiger partial charge < -0.3 is 4.74 Å². The third-order valence-electron chi connectivity index (χ3n) is 2.37. The lowest BCUT2D eigenvalue weighted by atomic mass is 10.1. The summed E-state index contributed by atoms with van der Waals surface area (Å²) in [5.74, 6) is 0.852. The SMILES string of the molecule is C=Cc1cc(C)cc(OCC(=C)/C=C\C=C/C)c1. The number of allylic oxidation sites excluding steroid dienone is 3. The molecule has 1 nitrogen and oxygen atoms in total. The largest absolute Gasteiger partial charge is 0.489 e. The van der Waals surface area contributed by atoms with Crippen LogP contribution in [0.2, 0.25) is 0 Å². The molecule has 0 spiro atoms. The zero-order valence-corrected chi connectivity index (χ0v) is 11.1. The number of benzene rings is 1. The van der Waals surface area contributed by atoms with E-state index < -0.39 is 0 Å². The van der Waals surface area contributed by atoms with E-state index in [9.17, 15) is 0 Å². The first kappa shape index (κ1) is 14.0. The van der Waals surface area contributed by atoms with E-state index in [0.29, 0.717) is 6.61 Å². The van der Waals surface area contributed by atoms with Crippen LogP contribution in [0.3, 0.4) is 0 Å². The monoisotopic (exact) mass is 240 g/mol. The van der Waals surface area contributed by atoms with E-state index in [0.717, 1.165) is 22.4 Å². The molecule has 0 aliphatic heterocycles. The summed E-state index contributed by atoms with van der Waals surface area (Å²) in [5.41, 5.74) is 3.17. The molecule has 0 amide bonds. The molecule has 0 radical (unpaired) electrons. The summed E-state index contributed by atoms with van der Waals surface area (Å²) < 4.78 is 5.70. The maximum absolute atomic E-state index is 5.70. The van der Waals surface area contributed by atoms with Crippen LogP contribution in [0.4, 0.5) is 0 Å². The number of ether oxygens (including phenoxy) is 1. The second-order valence-electron chi connectivity index (χ2n) is 4.12. The normalized spacial score (nSPS) is 11.0. The van der Waals surface area contributed by atoms with Crippen LogP contribution < -0.4 is 4.74 Å². The lowest BCUT2D eigenvalue weighted by molar-refractivity contribution is 0.356. The van der Waals surface area contributed by atoms with E-state index >= 15 is 0 Å². The molecule has 0 N–H and O–H groups in total. The molecule has 0 saturated carbocycles. The Labute approximate surface area is 110 Å². The van der Waals surface area contributed by atoms with Crippen molar-refractivity contribution in [3.05, 3.63) is 72.4 Å². The summed E-state index contributed by atoms with van der Waals surface area (Å²) in [6.45, 7) is 12.2. The van der Waals surface area contributed by atoms with Crippen LogP contribution in [0, 0.1) is 6.92 Å². The van der Waals surface area contributed by atoms with Crippen molar-refractivity contribution in [1.29, 1.82) is 0 Å². The van der Waals surface area contributed by atoms with Crippen molar-refractivity contribution in [1.82, 2.24) is 0 Å². The van der Waals surface area contributed by atoms with Gasteiger partial charge in [0.1, 0.15) is 12.4 Å². The highest BCUT2D eigenvalue weighted by atomic mass is 16.5. The van der Waals surface area contributed by atoms with E-state index in [1.165, 1.54) is 0 Å². The van der Waals surface area contributed by atoms with Gasteiger partial charge in [0.15, 0.2) is 0 Å². The Morgan fingerprint density at radius 2 is 2.06 bits per heavy atom. The minimum Gasteiger partial charge on any atom is -0.489 e. The Hall–Kier alpha value is -2.02. The Morgan fingerprint density at radius 1 is 1.28 bits per heavy atom. The fourth-order valence-electron chi connectivity index (χ4n) is 1.50. The fourth-order valence-corrected chi connectivity index (χ4v) is 1.50. The third-order valence-corrected chi connectivity index (χ3v) is 2.37. The summed E-state index contributed by atoms with van der Waals surface area (Å²) in [6, 6.07) is 6.06. The molecule has 1 rings (SSSR count). The maximum Gasteiger partial charge on any atom is 0.120 e. The van der Waals surface area contributed by atoms with E-state index in [1.54, 1.807) is 0 Å². The Balaban J connectivity index is 2.60. The smallest absolute Gasteiger partial charge is 0.120 e. The predicted octanol–water partition coefficient (Wildman–Crippen LogP) is 4.71. The molecule has 1 aromatic rings. The van der Waals surface area contributed by atoms with Crippen molar-refractivity contribution in [2.24, 2.45) is 0 Å². The van der Waals surface area contributed by atoms with E-state index in [-0.39, 0.29) is 0 Å². The number of rotatable bonds is 6. The molecule has 1 heteroatoms. The van der Waals surface area contributed by atoms with Gasteiger partial charge in [0, 0.05) is 0 Å². The highest BCUT2D eigenvalue weighted by molar-refractivity contribution is 5.51. The molecule has 0 aliphatic rings. The number of aryl methyl sites for hydroxylation is 1. The zero-order valence-electron chi connectivity index (χ0n) is 11.1. The molecule has 0 heterocycles. The Kier molecular flexibility index (Phi) is 5.72. The molecule has 94 valence electrons. The first-order chi connectivity index (χ1) is 8.65. The first-order valence-electron chi connectivity index (χ1n) is 5.99. The topological polar surface area (TPSA) is 9.23 Å². The summed E-state index contributed by atoms with van der Waals surface area (Å²) in [7, 11) is 0. The molecule has 0 saturated heterocycles. The summed E-state index contributed by atoms with van der Waals surface area (Å²) in [6.07, 6.45) is 9.66. The molecule has 18 heavy (non-hydrogen) atoms. The van der Waals surface area contributed by atoms with Gasteiger partial charge in [-0.25, -0.2) is 0 Å². The predicted molar refractivity (Wildman–Crippen MR) is 79.9 cm³/mol. The third kappa shape index (κ3) is 4.88. The van der Waals surface area contributed by atoms with Gasteiger partial charge in [0.05, 0.1) is 0 Å². The highest BCUT2D eigenvalue weighted by Crippen LogP contribution is 2.18. The van der Waals surface area contributed by atoms with Crippen LogP contribution in [0.1, 0.15) is 18.1 Å². The van der Waals surface area contributed by atoms with Crippen LogP contribution in [0.15, 0.2) is 61.2 Å². The van der Waals surface area contributed by atoms with Crippen molar-refractivity contribution in [3.8, 4) is 5.75 Å². The van der Waals surface area contributed by atoms with E-state index in [1.807, 2.05) is 56.4 Å². The van der Waals surface area contributed by atoms with Gasteiger partial charge >= 0.3 is 0 Å². The van der Waals surface area contributed by atoms with Crippen molar-refractivity contribution in [2.75, 3.05) is 6.61 Å². The lowest BCUT2D eigenvalue weighted by Gasteiger charge is -2.08. The van der Waals surface area contributed by atoms with Crippen molar-refractivity contribution in [3.63, 3.8) is 0 Å². The Bertz CT molecular complexity index is 478. The standard InChI is InChI=1S/C17H20O/c1-5-7-8-9-14(3)13-18-17-11-15(4)10-16(6-2)12-17/h5-12H,2-3,13H2,1,4H3/b7-5-,9-8-. The average molecular weight is 240 g/mol. The quantitative estimate of drug-likeness (QED) is 0.654. The summed E-state index contributed by atoms with van der Waals surface area (Å²) in [5, 5.41) is 0. The van der Waals surface area contributed by atoms with Gasteiger partial charge in [-0.2, -0.15) is 0 Å². The molecule has 0 aromatic heterocycles. The first-order valence-corrected chi connectivity index (χ1v) is 5.99. The number of hydrogen-bond acceptors (Lipinski definition) is 1. The van der Waals surface area contributed by atoms with Gasteiger partial charge in [-0.15, -0.1) is 0 Å². The molecule has 0 fully saturated rings. The van der Waals surface area contributed by atoms with Crippen LogP contribution in [0.25, 0.3) is 6.08 Å². The molecule has 0 bridgehead atoms. The highest BCUT2D eigenvalue weighted by Gasteiger charge is 1.98. The molecule has 0 atom stereocenters. The van der Waals surface area contributed by atoms with Crippen molar-refractivity contribution in [2.45, 2.75) is 13.8 Å². The molecule has 1 aromatic carbocycles. The maximum atomic E-state index is 5.70. The number of hydrogen-bond donors (Lipinski definition) is 0.